The molecule has 9 heteroatoms. The Balaban J connectivity index is 2.40. The fourth-order valence-electron chi connectivity index (χ4n) is 2.69. The Morgan fingerprint density at radius 3 is 2.20 bits per heavy atom. The van der Waals surface area contributed by atoms with Crippen molar-refractivity contribution in [3.05, 3.63) is 64.2 Å². The Labute approximate surface area is 183 Å². The molecule has 2 aromatic carbocycles. The minimum Gasteiger partial charge on any atom is -0.333 e. The Morgan fingerprint density at radius 2 is 1.67 bits per heavy atom. The van der Waals surface area contributed by atoms with Gasteiger partial charge in [-0.15, -0.1) is 0 Å². The highest BCUT2D eigenvalue weighted by Gasteiger charge is 2.24. The summed E-state index contributed by atoms with van der Waals surface area (Å²) in [5.41, 5.74) is 1.52. The lowest BCUT2D eigenvalue weighted by Crippen LogP contribution is -2.36. The van der Waals surface area contributed by atoms with E-state index in [4.69, 9.17) is 16.9 Å². The molecule has 0 heterocycles. The van der Waals surface area contributed by atoms with Gasteiger partial charge in [-0.3, -0.25) is 4.79 Å². The van der Waals surface area contributed by atoms with Crippen LogP contribution in [0.4, 0.5) is 0 Å². The Kier molecular flexibility index (Phi) is 7.98. The average Bonchev–Trinajstić information content (AvgIpc) is 2.71. The van der Waals surface area contributed by atoms with Crippen LogP contribution in [0.15, 0.2) is 47.4 Å². The lowest BCUT2D eigenvalue weighted by Gasteiger charge is -2.25. The van der Waals surface area contributed by atoms with Crippen molar-refractivity contribution >= 4 is 27.5 Å². The molecule has 0 fully saturated rings. The summed E-state index contributed by atoms with van der Waals surface area (Å²) in [6.45, 7) is 1.35. The largest absolute Gasteiger partial charge is 0.333 e. The van der Waals surface area contributed by atoms with Gasteiger partial charge in [0.25, 0.3) is 5.91 Å². The maximum Gasteiger partial charge on any atom is 0.255 e. The number of likely N-dealkylation sites (N-methyl/N-ethyl adjacent to an activating group) is 1. The van der Waals surface area contributed by atoms with Crippen LogP contribution in [0.5, 0.6) is 0 Å². The van der Waals surface area contributed by atoms with Crippen molar-refractivity contribution in [3.63, 3.8) is 0 Å². The summed E-state index contributed by atoms with van der Waals surface area (Å²) < 4.78 is 26.0. The third-order valence-corrected chi connectivity index (χ3v) is 6.65. The van der Waals surface area contributed by atoms with Crippen molar-refractivity contribution in [2.75, 3.05) is 41.3 Å². The van der Waals surface area contributed by atoms with Gasteiger partial charge >= 0.3 is 0 Å². The van der Waals surface area contributed by atoms with Gasteiger partial charge in [-0.1, -0.05) is 23.7 Å². The van der Waals surface area contributed by atoms with Gasteiger partial charge in [0, 0.05) is 33.7 Å². The van der Waals surface area contributed by atoms with Crippen LogP contribution in [-0.4, -0.2) is 69.7 Å². The fraction of sp³-hybridized carbons (Fsp3) is 0.333. The summed E-state index contributed by atoms with van der Waals surface area (Å²) in [7, 11) is 2.97. The zero-order valence-corrected chi connectivity index (χ0v) is 19.0. The monoisotopic (exact) mass is 448 g/mol. The molecule has 0 unspecified atom stereocenters. The molecule has 0 aromatic heterocycles. The molecule has 0 aliphatic carbocycles. The number of carbonyl (C=O) groups excluding carboxylic acids is 1. The summed E-state index contributed by atoms with van der Waals surface area (Å²) >= 11 is 6.27. The van der Waals surface area contributed by atoms with E-state index in [1.807, 2.05) is 19.0 Å². The second kappa shape index (κ2) is 10.0. The van der Waals surface area contributed by atoms with Gasteiger partial charge in [0.15, 0.2) is 0 Å². The van der Waals surface area contributed by atoms with Gasteiger partial charge < -0.3 is 9.80 Å². The molecule has 1 amide bonds. The van der Waals surface area contributed by atoms with Crippen LogP contribution < -0.4 is 0 Å². The summed E-state index contributed by atoms with van der Waals surface area (Å²) in [6.07, 6.45) is 0. The maximum absolute atomic E-state index is 13.3. The van der Waals surface area contributed by atoms with E-state index in [1.54, 1.807) is 29.2 Å². The van der Waals surface area contributed by atoms with Crippen LogP contribution in [0.2, 0.25) is 5.02 Å². The Morgan fingerprint density at radius 1 is 1.03 bits per heavy atom. The quantitative estimate of drug-likeness (QED) is 0.619. The second-order valence-corrected chi connectivity index (χ2v) is 9.83. The minimum absolute atomic E-state index is 0.00572. The van der Waals surface area contributed by atoms with Crippen LogP contribution in [0.25, 0.3) is 0 Å². The smallest absolute Gasteiger partial charge is 0.255 e. The molecule has 2 rings (SSSR count). The van der Waals surface area contributed by atoms with E-state index in [1.165, 1.54) is 32.3 Å². The van der Waals surface area contributed by atoms with E-state index >= 15 is 0 Å². The normalized spacial score (nSPS) is 11.5. The minimum atomic E-state index is -3.70. The number of halogens is 1. The van der Waals surface area contributed by atoms with E-state index in [0.717, 1.165) is 9.87 Å². The van der Waals surface area contributed by atoms with Crippen LogP contribution in [0.1, 0.15) is 21.5 Å². The summed E-state index contributed by atoms with van der Waals surface area (Å²) in [5.74, 6) is -0.359. The lowest BCUT2D eigenvalue weighted by atomic mass is 10.1. The van der Waals surface area contributed by atoms with Crippen LogP contribution in [0, 0.1) is 11.3 Å². The van der Waals surface area contributed by atoms with Crippen LogP contribution >= 0.6 is 11.6 Å². The van der Waals surface area contributed by atoms with Gasteiger partial charge in [-0.25, -0.2) is 12.7 Å². The molecule has 0 bridgehead atoms. The Bertz CT molecular complexity index is 1040. The SMILES string of the molecule is CN(C)CCN(Cc1ccc(C#N)cc1)C(=O)c1cc(S(=O)(=O)N(C)C)ccc1Cl. The van der Waals surface area contributed by atoms with Gasteiger partial charge in [0.1, 0.15) is 0 Å². The molecule has 0 aliphatic heterocycles. The van der Waals surface area contributed by atoms with E-state index in [-0.39, 0.29) is 21.4 Å². The predicted octanol–water partition coefficient (Wildman–Crippen LogP) is 2.67. The molecule has 30 heavy (non-hydrogen) atoms. The van der Waals surface area contributed by atoms with E-state index in [9.17, 15) is 13.2 Å². The van der Waals surface area contributed by atoms with Gasteiger partial charge in [0.2, 0.25) is 10.0 Å². The highest BCUT2D eigenvalue weighted by Crippen LogP contribution is 2.24. The van der Waals surface area contributed by atoms with Crippen molar-refractivity contribution in [1.29, 1.82) is 5.26 Å². The number of sulfonamides is 1. The molecule has 0 spiro atoms. The van der Waals surface area contributed by atoms with E-state index in [0.29, 0.717) is 25.2 Å². The van der Waals surface area contributed by atoms with E-state index in [2.05, 4.69) is 6.07 Å². The number of amides is 1. The summed E-state index contributed by atoms with van der Waals surface area (Å²) in [4.78, 5) is 16.9. The van der Waals surface area contributed by atoms with Crippen molar-refractivity contribution in [3.8, 4) is 6.07 Å². The first-order valence-corrected chi connectivity index (χ1v) is 11.0. The van der Waals surface area contributed by atoms with Gasteiger partial charge in [-0.05, 0) is 50.0 Å². The molecule has 0 radical (unpaired) electrons. The molecular formula is C21H25ClN4O3S. The lowest BCUT2D eigenvalue weighted by molar-refractivity contribution is 0.0732. The molecule has 0 atom stereocenters. The maximum atomic E-state index is 13.3. The number of hydrogen-bond donors (Lipinski definition) is 0. The van der Waals surface area contributed by atoms with Gasteiger partial charge in [-0.2, -0.15) is 5.26 Å². The third kappa shape index (κ3) is 5.80. The molecule has 0 saturated heterocycles. The highest BCUT2D eigenvalue weighted by molar-refractivity contribution is 7.89. The van der Waals surface area contributed by atoms with Crippen molar-refractivity contribution < 1.29 is 13.2 Å². The average molecular weight is 449 g/mol. The molecule has 7 nitrogen and oxygen atoms in total. The number of nitrogens with zero attached hydrogens (tertiary/aromatic N) is 4. The van der Waals surface area contributed by atoms with Gasteiger partial charge in [0.05, 0.1) is 27.1 Å². The van der Waals surface area contributed by atoms with Crippen LogP contribution in [-0.2, 0) is 16.6 Å². The van der Waals surface area contributed by atoms with Crippen LogP contribution in [0.3, 0.4) is 0 Å². The molecule has 0 aliphatic rings. The number of benzene rings is 2. The first-order chi connectivity index (χ1) is 14.1. The first kappa shape index (κ1) is 23.8. The molecule has 0 N–H and O–H groups in total. The topological polar surface area (TPSA) is 84.7 Å². The number of nitriles is 1. The van der Waals surface area contributed by atoms with Crippen molar-refractivity contribution in [2.45, 2.75) is 11.4 Å². The first-order valence-electron chi connectivity index (χ1n) is 9.21. The number of rotatable bonds is 8. The molecule has 160 valence electrons. The second-order valence-electron chi connectivity index (χ2n) is 7.27. The summed E-state index contributed by atoms with van der Waals surface area (Å²) in [6, 6.07) is 13.2. The molecule has 0 saturated carbocycles. The highest BCUT2D eigenvalue weighted by atomic mass is 35.5. The standard InChI is InChI=1S/C21H25ClN4O3S/c1-24(2)11-12-26(15-17-7-5-16(14-23)6-8-17)21(27)19-13-18(9-10-20(19)22)30(28,29)25(3)4/h5-10,13H,11-12,15H2,1-4H3. The van der Waals surface area contributed by atoms with Crippen molar-refractivity contribution in [1.82, 2.24) is 14.1 Å². The molecular weight excluding hydrogens is 424 g/mol. The number of hydrogen-bond acceptors (Lipinski definition) is 5. The predicted molar refractivity (Wildman–Crippen MR) is 117 cm³/mol. The van der Waals surface area contributed by atoms with Crippen molar-refractivity contribution in [2.24, 2.45) is 0 Å². The number of carbonyl (C=O) groups is 1. The zero-order chi connectivity index (χ0) is 22.5. The Hall–Kier alpha value is -2.44. The molecule has 2 aromatic rings. The summed E-state index contributed by atoms with van der Waals surface area (Å²) in [5, 5.41) is 9.15. The fourth-order valence-corrected chi connectivity index (χ4v) is 3.81. The zero-order valence-electron chi connectivity index (χ0n) is 17.5. The third-order valence-electron chi connectivity index (χ3n) is 4.51. The van der Waals surface area contributed by atoms with E-state index < -0.39 is 10.0 Å².